The van der Waals surface area contributed by atoms with Gasteiger partial charge in [0.25, 0.3) is 0 Å². The number of anilines is 2. The Labute approximate surface area is 220 Å². The molecule has 4 aliphatic carbocycles. The SMILES string of the molecule is CC(Nc1ccc(Cc2ccc(NC(C)=C3C(=O)C[C@@H]4[C@H]3C4(C)C)cc2)cc1)=C1C(=O)C[C@@H]2[C@H]1C2(C)C. The van der Waals surface area contributed by atoms with Crippen LogP contribution >= 0.6 is 0 Å². The summed E-state index contributed by atoms with van der Waals surface area (Å²) < 4.78 is 0. The van der Waals surface area contributed by atoms with E-state index in [1.807, 2.05) is 13.8 Å². The van der Waals surface area contributed by atoms with E-state index in [-0.39, 0.29) is 10.8 Å². The fourth-order valence-corrected chi connectivity index (χ4v) is 7.46. The van der Waals surface area contributed by atoms with Crippen LogP contribution in [0.3, 0.4) is 0 Å². The minimum absolute atomic E-state index is 0.266. The van der Waals surface area contributed by atoms with Gasteiger partial charge in [-0.05, 0) is 90.2 Å². The van der Waals surface area contributed by atoms with Crippen LogP contribution in [0.15, 0.2) is 71.1 Å². The van der Waals surface area contributed by atoms with Crippen molar-refractivity contribution < 1.29 is 9.59 Å². The third-order valence-electron chi connectivity index (χ3n) is 9.92. The van der Waals surface area contributed by atoms with Crippen molar-refractivity contribution in [1.82, 2.24) is 0 Å². The smallest absolute Gasteiger partial charge is 0.161 e. The number of ketones is 2. The lowest BCUT2D eigenvalue weighted by atomic mass is 9.95. The molecule has 4 aliphatic rings. The van der Waals surface area contributed by atoms with Crippen LogP contribution in [-0.2, 0) is 16.0 Å². The van der Waals surface area contributed by atoms with Gasteiger partial charge in [0.2, 0.25) is 0 Å². The van der Waals surface area contributed by atoms with Crippen molar-refractivity contribution in [2.24, 2.45) is 34.5 Å². The summed E-state index contributed by atoms with van der Waals surface area (Å²) in [5, 5.41) is 6.97. The number of hydrogen-bond acceptors (Lipinski definition) is 4. The second kappa shape index (κ2) is 8.18. The Morgan fingerprint density at radius 3 is 1.35 bits per heavy atom. The molecule has 6 rings (SSSR count). The highest BCUT2D eigenvalue weighted by Gasteiger charge is 2.66. The summed E-state index contributed by atoms with van der Waals surface area (Å²) in [6.07, 6.45) is 2.26. The molecule has 2 aromatic carbocycles. The molecule has 0 aliphatic heterocycles. The van der Waals surface area contributed by atoms with Gasteiger partial charge in [-0.25, -0.2) is 0 Å². The van der Waals surface area contributed by atoms with Crippen LogP contribution in [-0.4, -0.2) is 11.6 Å². The van der Waals surface area contributed by atoms with Crippen molar-refractivity contribution in [3.63, 3.8) is 0 Å². The lowest BCUT2D eigenvalue weighted by Crippen LogP contribution is -2.12. The molecule has 0 radical (unpaired) electrons. The Bertz CT molecular complexity index is 1250. The fraction of sp³-hybridized carbons (Fsp3) is 0.455. The van der Waals surface area contributed by atoms with E-state index in [0.29, 0.717) is 48.1 Å². The highest BCUT2D eigenvalue weighted by molar-refractivity contribution is 6.02. The van der Waals surface area contributed by atoms with Gasteiger partial charge in [-0.1, -0.05) is 52.0 Å². The first-order valence-corrected chi connectivity index (χ1v) is 13.7. The molecule has 2 aromatic rings. The average molecular weight is 495 g/mol. The Balaban J connectivity index is 1.08. The molecule has 4 nitrogen and oxygen atoms in total. The number of Topliss-reactive ketones (excluding diaryl/α,β-unsaturated/α-hetero) is 2. The zero-order valence-electron chi connectivity index (χ0n) is 22.9. The molecule has 4 atom stereocenters. The minimum Gasteiger partial charge on any atom is -0.359 e. The number of carbonyl (C=O) groups excluding carboxylic acids is 2. The first-order chi connectivity index (χ1) is 17.5. The second-order valence-electron chi connectivity index (χ2n) is 13.0. The van der Waals surface area contributed by atoms with Crippen LogP contribution < -0.4 is 10.6 Å². The molecule has 0 spiro atoms. The number of hydrogen-bond donors (Lipinski definition) is 2. The summed E-state index contributed by atoms with van der Waals surface area (Å²) in [6, 6.07) is 17.0. The Morgan fingerprint density at radius 2 is 1.03 bits per heavy atom. The summed E-state index contributed by atoms with van der Waals surface area (Å²) in [4.78, 5) is 25.0. The molecule has 0 heterocycles. The number of rotatable bonds is 6. The van der Waals surface area contributed by atoms with Crippen LogP contribution in [0.1, 0.15) is 65.5 Å². The molecule has 192 valence electrons. The number of fused-ring (bicyclic) bond motifs is 2. The maximum atomic E-state index is 12.5. The van der Waals surface area contributed by atoms with Crippen LogP contribution in [0.25, 0.3) is 0 Å². The molecule has 4 fully saturated rings. The molecule has 0 aromatic heterocycles. The molecule has 0 amide bonds. The van der Waals surface area contributed by atoms with Gasteiger partial charge < -0.3 is 10.6 Å². The van der Waals surface area contributed by atoms with E-state index < -0.39 is 0 Å². The highest BCUT2D eigenvalue weighted by atomic mass is 16.1. The van der Waals surface area contributed by atoms with Crippen molar-refractivity contribution >= 4 is 22.9 Å². The fourth-order valence-electron chi connectivity index (χ4n) is 7.46. The van der Waals surface area contributed by atoms with E-state index in [1.165, 1.54) is 11.1 Å². The number of nitrogens with one attached hydrogen (secondary N) is 2. The minimum atomic E-state index is 0.266. The van der Waals surface area contributed by atoms with Crippen molar-refractivity contribution in [1.29, 1.82) is 0 Å². The maximum Gasteiger partial charge on any atom is 0.161 e. The molecule has 4 heteroatoms. The first-order valence-electron chi connectivity index (χ1n) is 13.7. The van der Waals surface area contributed by atoms with E-state index >= 15 is 0 Å². The Hall–Kier alpha value is -3.14. The first kappa shape index (κ1) is 24.2. The van der Waals surface area contributed by atoms with E-state index in [4.69, 9.17) is 0 Å². The molecule has 0 bridgehead atoms. The van der Waals surface area contributed by atoms with E-state index in [2.05, 4.69) is 86.9 Å². The largest absolute Gasteiger partial charge is 0.359 e. The van der Waals surface area contributed by atoms with Gasteiger partial charge in [0.15, 0.2) is 11.6 Å². The molecule has 37 heavy (non-hydrogen) atoms. The Kier molecular flexibility index (Phi) is 5.35. The third-order valence-corrected chi connectivity index (χ3v) is 9.92. The monoisotopic (exact) mass is 494 g/mol. The zero-order valence-corrected chi connectivity index (χ0v) is 22.9. The molecule has 2 N–H and O–H groups in total. The van der Waals surface area contributed by atoms with Gasteiger partial charge in [-0.3, -0.25) is 9.59 Å². The van der Waals surface area contributed by atoms with E-state index in [1.54, 1.807) is 0 Å². The van der Waals surface area contributed by atoms with Crippen molar-refractivity contribution in [3.8, 4) is 0 Å². The zero-order chi connectivity index (χ0) is 26.3. The van der Waals surface area contributed by atoms with Crippen molar-refractivity contribution in [2.45, 2.75) is 60.8 Å². The summed E-state index contributed by atoms with van der Waals surface area (Å²) >= 11 is 0. The van der Waals surface area contributed by atoms with Crippen LogP contribution in [0.5, 0.6) is 0 Å². The summed E-state index contributed by atoms with van der Waals surface area (Å²) in [5.41, 5.74) is 9.09. The number of carbonyl (C=O) groups is 2. The van der Waals surface area contributed by atoms with Gasteiger partial charge in [0.05, 0.1) is 0 Å². The predicted octanol–water partition coefficient (Wildman–Crippen LogP) is 7.14. The standard InChI is InChI=1S/C33H38N2O2/c1-18(28-26(36)16-24-30(28)32(24,3)4)34-22-11-7-20(8-12-22)15-21-9-13-23(14-10-21)35-19(2)29-27(37)17-25-31(29)33(25,5)6/h7-14,24-25,30-31,34-35H,15-17H2,1-6H3/t24-,25-,30-,31-/m1/s1. The lowest BCUT2D eigenvalue weighted by Gasteiger charge is -2.15. The summed E-state index contributed by atoms with van der Waals surface area (Å²) in [7, 11) is 0. The highest BCUT2D eigenvalue weighted by Crippen LogP contribution is 2.69. The normalized spacial score (nSPS) is 31.0. The quantitative estimate of drug-likeness (QED) is 0.419. The molecule has 0 unspecified atom stereocenters. The lowest BCUT2D eigenvalue weighted by molar-refractivity contribution is -0.116. The van der Waals surface area contributed by atoms with E-state index in [0.717, 1.165) is 40.3 Å². The van der Waals surface area contributed by atoms with Crippen LogP contribution in [0.4, 0.5) is 11.4 Å². The average Bonchev–Trinajstić information content (AvgIpc) is 3.34. The van der Waals surface area contributed by atoms with Gasteiger partial charge in [-0.2, -0.15) is 0 Å². The maximum absolute atomic E-state index is 12.5. The second-order valence-corrected chi connectivity index (χ2v) is 13.0. The molecule has 0 saturated heterocycles. The summed E-state index contributed by atoms with van der Waals surface area (Å²) in [5.74, 6) is 2.52. The van der Waals surface area contributed by atoms with E-state index in [9.17, 15) is 9.59 Å². The van der Waals surface area contributed by atoms with Crippen LogP contribution in [0, 0.1) is 34.5 Å². The van der Waals surface area contributed by atoms with Gasteiger partial charge >= 0.3 is 0 Å². The predicted molar refractivity (Wildman–Crippen MR) is 149 cm³/mol. The molecule has 4 saturated carbocycles. The van der Waals surface area contributed by atoms with Gasteiger partial charge in [0, 0.05) is 46.8 Å². The van der Waals surface area contributed by atoms with Crippen molar-refractivity contribution in [2.75, 3.05) is 10.6 Å². The topological polar surface area (TPSA) is 58.2 Å². The van der Waals surface area contributed by atoms with Crippen molar-refractivity contribution in [3.05, 3.63) is 82.2 Å². The Morgan fingerprint density at radius 1 is 0.676 bits per heavy atom. The third kappa shape index (κ3) is 3.96. The van der Waals surface area contributed by atoms with Crippen LogP contribution in [0.2, 0.25) is 0 Å². The number of benzene rings is 2. The molecular formula is C33H38N2O2. The van der Waals surface area contributed by atoms with Gasteiger partial charge in [0.1, 0.15) is 0 Å². The number of allylic oxidation sites excluding steroid dienone is 4. The van der Waals surface area contributed by atoms with Gasteiger partial charge in [-0.15, -0.1) is 0 Å². The summed E-state index contributed by atoms with van der Waals surface area (Å²) in [6.45, 7) is 13.2. The molecular weight excluding hydrogens is 456 g/mol.